The van der Waals surface area contributed by atoms with Crippen LogP contribution < -0.4 is 5.32 Å². The topological polar surface area (TPSA) is 49.4 Å². The highest BCUT2D eigenvalue weighted by Crippen LogP contribution is 2.28. The van der Waals surface area contributed by atoms with Crippen molar-refractivity contribution in [2.75, 3.05) is 20.1 Å². The number of nitrogens with zero attached hydrogens (tertiary/aromatic N) is 1. The Morgan fingerprint density at radius 1 is 1.42 bits per heavy atom. The molecule has 1 heterocycles. The van der Waals surface area contributed by atoms with Gasteiger partial charge in [0.1, 0.15) is 4.21 Å². The quantitative estimate of drug-likeness (QED) is 0.842. The molecule has 0 aromatic carbocycles. The molecule has 0 aliphatic rings. The van der Waals surface area contributed by atoms with Gasteiger partial charge in [-0.3, -0.25) is 0 Å². The monoisotopic (exact) mass is 304 g/mol. The van der Waals surface area contributed by atoms with Crippen molar-refractivity contribution >= 4 is 21.4 Å². The maximum atomic E-state index is 12.4. The van der Waals surface area contributed by atoms with Gasteiger partial charge in [0.05, 0.1) is 0 Å². The smallest absolute Gasteiger partial charge is 0.252 e. The number of hydrogen-bond donors (Lipinski definition) is 1. The molecule has 0 amide bonds. The van der Waals surface area contributed by atoms with Crippen molar-refractivity contribution in [2.24, 2.45) is 5.92 Å². The van der Waals surface area contributed by atoms with Gasteiger partial charge in [0.25, 0.3) is 10.0 Å². The SMILES string of the molecule is CCNCc1sc(S(=O)(=O)N(C)CC(C)C)cc1C. The van der Waals surface area contributed by atoms with Crippen LogP contribution >= 0.6 is 11.3 Å². The van der Waals surface area contributed by atoms with Crippen molar-refractivity contribution in [3.05, 3.63) is 16.5 Å². The van der Waals surface area contributed by atoms with Crippen LogP contribution in [0.5, 0.6) is 0 Å². The van der Waals surface area contributed by atoms with Crippen molar-refractivity contribution in [1.82, 2.24) is 9.62 Å². The second kappa shape index (κ2) is 6.83. The minimum absolute atomic E-state index is 0.321. The minimum Gasteiger partial charge on any atom is -0.312 e. The summed E-state index contributed by atoms with van der Waals surface area (Å²) in [6.45, 7) is 10.2. The summed E-state index contributed by atoms with van der Waals surface area (Å²) in [5.41, 5.74) is 1.04. The van der Waals surface area contributed by atoms with E-state index in [0.29, 0.717) is 16.7 Å². The maximum Gasteiger partial charge on any atom is 0.252 e. The Morgan fingerprint density at radius 3 is 2.58 bits per heavy atom. The summed E-state index contributed by atoms with van der Waals surface area (Å²) in [4.78, 5) is 1.10. The zero-order valence-corrected chi connectivity index (χ0v) is 14.0. The van der Waals surface area contributed by atoms with Gasteiger partial charge in [0, 0.05) is 25.0 Å². The van der Waals surface area contributed by atoms with E-state index in [2.05, 4.69) is 5.32 Å². The highest BCUT2D eigenvalue weighted by atomic mass is 32.2. The van der Waals surface area contributed by atoms with Crippen molar-refractivity contribution in [2.45, 2.75) is 38.4 Å². The fourth-order valence-electron chi connectivity index (χ4n) is 1.80. The molecular formula is C13H24N2O2S2. The van der Waals surface area contributed by atoms with Crippen LogP contribution in [0.3, 0.4) is 0 Å². The molecule has 0 radical (unpaired) electrons. The van der Waals surface area contributed by atoms with Crippen molar-refractivity contribution in [3.63, 3.8) is 0 Å². The number of aryl methyl sites for hydroxylation is 1. The molecule has 19 heavy (non-hydrogen) atoms. The fraction of sp³-hybridized carbons (Fsp3) is 0.692. The third kappa shape index (κ3) is 4.27. The van der Waals surface area contributed by atoms with E-state index in [-0.39, 0.29) is 0 Å². The predicted octanol–water partition coefficient (Wildman–Crippen LogP) is 2.44. The van der Waals surface area contributed by atoms with Gasteiger partial charge in [0.15, 0.2) is 0 Å². The molecule has 0 unspecified atom stereocenters. The summed E-state index contributed by atoms with van der Waals surface area (Å²) in [5, 5.41) is 3.23. The summed E-state index contributed by atoms with van der Waals surface area (Å²) >= 11 is 1.37. The van der Waals surface area contributed by atoms with Gasteiger partial charge in [-0.15, -0.1) is 11.3 Å². The lowest BCUT2D eigenvalue weighted by atomic mass is 10.2. The van der Waals surface area contributed by atoms with E-state index in [4.69, 9.17) is 0 Å². The van der Waals surface area contributed by atoms with Gasteiger partial charge in [0.2, 0.25) is 0 Å². The normalized spacial score (nSPS) is 12.6. The third-order valence-corrected chi connectivity index (χ3v) is 6.33. The van der Waals surface area contributed by atoms with Gasteiger partial charge in [-0.25, -0.2) is 8.42 Å². The Bertz CT molecular complexity index is 507. The molecule has 0 spiro atoms. The van der Waals surface area contributed by atoms with Crippen LogP contribution in [0.4, 0.5) is 0 Å². The molecule has 1 N–H and O–H groups in total. The van der Waals surface area contributed by atoms with Gasteiger partial charge >= 0.3 is 0 Å². The summed E-state index contributed by atoms with van der Waals surface area (Å²) in [6, 6.07) is 1.78. The molecule has 0 atom stereocenters. The van der Waals surface area contributed by atoms with Crippen LogP contribution in [-0.2, 0) is 16.6 Å². The zero-order chi connectivity index (χ0) is 14.6. The molecule has 0 saturated heterocycles. The number of nitrogens with one attached hydrogen (secondary N) is 1. The van der Waals surface area contributed by atoms with E-state index in [1.807, 2.05) is 27.7 Å². The number of hydrogen-bond acceptors (Lipinski definition) is 4. The first-order valence-corrected chi connectivity index (χ1v) is 8.81. The van der Waals surface area contributed by atoms with Crippen LogP contribution in [0.25, 0.3) is 0 Å². The first-order chi connectivity index (χ1) is 8.78. The van der Waals surface area contributed by atoms with E-state index in [0.717, 1.165) is 23.5 Å². The molecule has 6 heteroatoms. The van der Waals surface area contributed by atoms with Crippen molar-refractivity contribution in [3.8, 4) is 0 Å². The average Bonchev–Trinajstić information content (AvgIpc) is 2.67. The van der Waals surface area contributed by atoms with Crippen LogP contribution in [-0.4, -0.2) is 32.9 Å². The molecule has 1 aromatic heterocycles. The van der Waals surface area contributed by atoms with Crippen LogP contribution in [0.1, 0.15) is 31.2 Å². The van der Waals surface area contributed by atoms with Gasteiger partial charge in [-0.2, -0.15) is 4.31 Å². The molecule has 1 rings (SSSR count). The molecule has 0 aliphatic heterocycles. The van der Waals surface area contributed by atoms with Crippen LogP contribution in [0.2, 0.25) is 0 Å². The molecule has 0 saturated carbocycles. The van der Waals surface area contributed by atoms with E-state index in [9.17, 15) is 8.42 Å². The minimum atomic E-state index is -3.34. The van der Waals surface area contributed by atoms with Crippen LogP contribution in [0, 0.1) is 12.8 Å². The first-order valence-electron chi connectivity index (χ1n) is 6.55. The molecule has 1 aromatic rings. The van der Waals surface area contributed by atoms with E-state index in [1.54, 1.807) is 13.1 Å². The lowest BCUT2D eigenvalue weighted by Crippen LogP contribution is -2.29. The predicted molar refractivity (Wildman–Crippen MR) is 81.1 cm³/mol. The maximum absolute atomic E-state index is 12.4. The standard InChI is InChI=1S/C13H24N2O2S2/c1-6-14-8-12-11(4)7-13(18-12)19(16,17)15(5)9-10(2)3/h7,10,14H,6,8-9H2,1-5H3. The number of sulfonamides is 1. The summed E-state index contributed by atoms with van der Waals surface area (Å²) < 4.78 is 26.7. The van der Waals surface area contributed by atoms with E-state index >= 15 is 0 Å². The van der Waals surface area contributed by atoms with Crippen LogP contribution in [0.15, 0.2) is 10.3 Å². The van der Waals surface area contributed by atoms with Gasteiger partial charge in [-0.1, -0.05) is 20.8 Å². The molecule has 4 nitrogen and oxygen atoms in total. The highest BCUT2D eigenvalue weighted by molar-refractivity contribution is 7.91. The summed E-state index contributed by atoms with van der Waals surface area (Å²) in [7, 11) is -1.69. The fourth-order valence-corrected chi connectivity index (χ4v) is 4.90. The Hall–Kier alpha value is -0.430. The molecular weight excluding hydrogens is 280 g/mol. The molecule has 0 aliphatic carbocycles. The third-order valence-electron chi connectivity index (χ3n) is 2.82. The Kier molecular flexibility index (Phi) is 5.98. The lowest BCUT2D eigenvalue weighted by Gasteiger charge is -2.17. The zero-order valence-electron chi connectivity index (χ0n) is 12.4. The average molecular weight is 304 g/mol. The largest absolute Gasteiger partial charge is 0.312 e. The van der Waals surface area contributed by atoms with Gasteiger partial charge in [-0.05, 0) is 31.0 Å². The van der Waals surface area contributed by atoms with Crippen molar-refractivity contribution in [1.29, 1.82) is 0 Å². The Morgan fingerprint density at radius 2 is 2.05 bits per heavy atom. The summed E-state index contributed by atoms with van der Waals surface area (Å²) in [6.07, 6.45) is 0. The highest BCUT2D eigenvalue weighted by Gasteiger charge is 2.24. The van der Waals surface area contributed by atoms with E-state index in [1.165, 1.54) is 15.6 Å². The second-order valence-corrected chi connectivity index (χ2v) is 8.54. The number of thiophene rings is 1. The molecule has 0 fully saturated rings. The van der Waals surface area contributed by atoms with Crippen molar-refractivity contribution < 1.29 is 8.42 Å². The number of rotatable bonds is 7. The lowest BCUT2D eigenvalue weighted by molar-refractivity contribution is 0.418. The Labute approximate surface area is 120 Å². The summed E-state index contributed by atoms with van der Waals surface area (Å²) in [5.74, 6) is 0.321. The Balaban J connectivity index is 2.96. The van der Waals surface area contributed by atoms with Gasteiger partial charge < -0.3 is 5.32 Å². The van der Waals surface area contributed by atoms with E-state index < -0.39 is 10.0 Å². The molecule has 110 valence electrons. The second-order valence-electron chi connectivity index (χ2n) is 5.13. The molecule has 0 bridgehead atoms. The first kappa shape index (κ1) is 16.6.